The number of fused-ring (bicyclic) bond motifs is 2. The van der Waals surface area contributed by atoms with E-state index in [-0.39, 0.29) is 29.1 Å². The lowest BCUT2D eigenvalue weighted by atomic mass is 9.89. The Bertz CT molecular complexity index is 1190. The van der Waals surface area contributed by atoms with Crippen LogP contribution in [0.15, 0.2) is 18.3 Å². The van der Waals surface area contributed by atoms with Crippen LogP contribution in [-0.2, 0) is 22.6 Å². The van der Waals surface area contributed by atoms with Gasteiger partial charge in [0.05, 0.1) is 5.02 Å². The third kappa shape index (κ3) is 3.98. The van der Waals surface area contributed by atoms with Crippen LogP contribution in [0.3, 0.4) is 0 Å². The minimum Gasteiger partial charge on any atom is -0.369 e. The number of hydrogen-bond donors (Lipinski definition) is 3. The number of pyridine rings is 1. The number of aromatic nitrogens is 2. The molecule has 2 aliphatic carbocycles. The Labute approximate surface area is 203 Å². The Hall–Kier alpha value is -2.87. The van der Waals surface area contributed by atoms with Crippen LogP contribution >= 0.6 is 11.6 Å². The maximum absolute atomic E-state index is 13.0. The zero-order valence-corrected chi connectivity index (χ0v) is 20.2. The van der Waals surface area contributed by atoms with Gasteiger partial charge in [-0.15, -0.1) is 0 Å². The van der Waals surface area contributed by atoms with Gasteiger partial charge in [0.1, 0.15) is 11.5 Å². The highest BCUT2D eigenvalue weighted by atomic mass is 35.5. The maximum Gasteiger partial charge on any atom is 0.265 e. The van der Waals surface area contributed by atoms with Crippen molar-refractivity contribution in [3.8, 4) is 11.1 Å². The average Bonchev–Trinajstić information content (AvgIpc) is 3.46. The molecule has 0 radical (unpaired) electrons. The minimum absolute atomic E-state index is 0.000155. The highest BCUT2D eigenvalue weighted by molar-refractivity contribution is 6.33. The van der Waals surface area contributed by atoms with Crippen LogP contribution in [0.25, 0.3) is 11.1 Å². The molecule has 5 N–H and O–H groups in total. The summed E-state index contributed by atoms with van der Waals surface area (Å²) in [6, 6.07) is 3.55. The molecule has 2 aromatic heterocycles. The zero-order valence-electron chi connectivity index (χ0n) is 19.4. The monoisotopic (exact) mass is 483 g/mol. The second-order valence-electron chi connectivity index (χ2n) is 11.0. The number of hydrogen-bond acceptors (Lipinski definition) is 4. The maximum atomic E-state index is 13.0. The van der Waals surface area contributed by atoms with E-state index in [9.17, 15) is 14.4 Å². The van der Waals surface area contributed by atoms with Gasteiger partial charge in [0.25, 0.3) is 5.91 Å². The second kappa shape index (κ2) is 8.12. The molecule has 2 atom stereocenters. The lowest BCUT2D eigenvalue weighted by Gasteiger charge is -2.16. The molecular formula is C25H30ClN5O3. The van der Waals surface area contributed by atoms with Gasteiger partial charge in [0.15, 0.2) is 0 Å². The highest BCUT2D eigenvalue weighted by Gasteiger charge is 2.45. The number of carbonyl (C=O) groups excluding carboxylic acids is 3. The number of nitrogens with one attached hydrogen (secondary N) is 1. The van der Waals surface area contributed by atoms with Crippen LogP contribution in [0.4, 0.5) is 5.82 Å². The van der Waals surface area contributed by atoms with Crippen molar-refractivity contribution in [2.24, 2.45) is 40.6 Å². The van der Waals surface area contributed by atoms with E-state index in [0.717, 1.165) is 43.4 Å². The summed E-state index contributed by atoms with van der Waals surface area (Å²) in [5.41, 5.74) is 14.1. The normalized spacial score (nSPS) is 26.8. The van der Waals surface area contributed by atoms with E-state index in [1.165, 1.54) is 6.20 Å². The van der Waals surface area contributed by atoms with E-state index < -0.39 is 5.91 Å². The molecule has 34 heavy (non-hydrogen) atoms. The molecule has 8 nitrogen and oxygen atoms in total. The summed E-state index contributed by atoms with van der Waals surface area (Å²) in [5.74, 6) is 0.247. The molecule has 2 unspecified atom stereocenters. The van der Waals surface area contributed by atoms with Gasteiger partial charge >= 0.3 is 0 Å². The fourth-order valence-corrected chi connectivity index (χ4v) is 6.54. The summed E-state index contributed by atoms with van der Waals surface area (Å²) in [6.45, 7) is 5.00. The number of nitrogens with zero attached hydrogens (tertiary/aromatic N) is 2. The first-order valence-corrected chi connectivity index (χ1v) is 12.2. The van der Waals surface area contributed by atoms with Crippen LogP contribution in [0.2, 0.25) is 5.02 Å². The molecule has 180 valence electrons. The van der Waals surface area contributed by atoms with Crippen molar-refractivity contribution in [1.29, 1.82) is 0 Å². The van der Waals surface area contributed by atoms with Crippen molar-refractivity contribution in [1.82, 2.24) is 9.55 Å². The number of amides is 3. The van der Waals surface area contributed by atoms with Gasteiger partial charge in [-0.25, -0.2) is 4.98 Å². The summed E-state index contributed by atoms with van der Waals surface area (Å²) < 4.78 is 1.98. The lowest BCUT2D eigenvalue weighted by Crippen LogP contribution is -2.24. The van der Waals surface area contributed by atoms with Gasteiger partial charge in [0.2, 0.25) is 11.8 Å². The van der Waals surface area contributed by atoms with Gasteiger partial charge in [-0.2, -0.15) is 0 Å². The molecule has 3 aliphatic rings. The van der Waals surface area contributed by atoms with Crippen molar-refractivity contribution >= 4 is 35.1 Å². The van der Waals surface area contributed by atoms with Gasteiger partial charge < -0.3 is 21.4 Å². The Kier molecular flexibility index (Phi) is 5.47. The van der Waals surface area contributed by atoms with Gasteiger partial charge in [-0.1, -0.05) is 25.4 Å². The summed E-state index contributed by atoms with van der Waals surface area (Å²) >= 11 is 6.52. The number of nitrogens with two attached hydrogens (primary N) is 2. The molecule has 9 heteroatoms. The van der Waals surface area contributed by atoms with Crippen LogP contribution < -0.4 is 16.8 Å². The molecule has 5 rings (SSSR count). The van der Waals surface area contributed by atoms with Crippen molar-refractivity contribution in [3.05, 3.63) is 34.7 Å². The van der Waals surface area contributed by atoms with Crippen molar-refractivity contribution in [2.45, 2.75) is 52.5 Å². The van der Waals surface area contributed by atoms with Crippen molar-refractivity contribution < 1.29 is 14.4 Å². The molecule has 3 heterocycles. The third-order valence-corrected chi connectivity index (χ3v) is 8.18. The molecule has 0 saturated heterocycles. The SMILES string of the molecule is CC1(C)Cc2c(-c3cc(NC(=O)C4CC5CC(C(N)=O)CC5C4)ncc3Cl)cc(C(N)=O)n2C1. The first-order valence-electron chi connectivity index (χ1n) is 11.8. The standard InChI is InChI=1S/C25H30ClN5O3/c1-25(2)9-20-17(7-19(23(28)33)31(20)11-25)16-8-21(29-10-18(16)26)30-24(34)15-5-12-3-14(22(27)32)4-13(12)6-15/h7-8,10,12-15H,3-6,9,11H2,1-2H3,(H2,27,32)(H2,28,33)(H,29,30,34). The molecule has 0 aromatic carbocycles. The molecule has 0 bridgehead atoms. The molecule has 3 amide bonds. The summed E-state index contributed by atoms with van der Waals surface area (Å²) in [6.07, 6.45) is 5.42. The van der Waals surface area contributed by atoms with Gasteiger partial charge in [0, 0.05) is 41.4 Å². The van der Waals surface area contributed by atoms with E-state index in [1.54, 1.807) is 12.1 Å². The van der Waals surface area contributed by atoms with Crippen molar-refractivity contribution in [3.63, 3.8) is 0 Å². The minimum atomic E-state index is -0.478. The van der Waals surface area contributed by atoms with Crippen LogP contribution in [0.1, 0.15) is 55.7 Å². The Morgan fingerprint density at radius 1 is 1.06 bits per heavy atom. The number of halogens is 1. The summed E-state index contributed by atoms with van der Waals surface area (Å²) in [5, 5.41) is 3.40. The average molecular weight is 484 g/mol. The highest BCUT2D eigenvalue weighted by Crippen LogP contribution is 2.49. The van der Waals surface area contributed by atoms with E-state index in [2.05, 4.69) is 24.1 Å². The lowest BCUT2D eigenvalue weighted by molar-refractivity contribution is -0.121. The zero-order chi connectivity index (χ0) is 24.4. The molecule has 0 spiro atoms. The van der Waals surface area contributed by atoms with Crippen LogP contribution in [0, 0.1) is 29.1 Å². The topological polar surface area (TPSA) is 133 Å². The molecule has 2 aromatic rings. The number of primary amides is 2. The Balaban J connectivity index is 1.36. The van der Waals surface area contributed by atoms with E-state index in [1.807, 2.05) is 4.57 Å². The van der Waals surface area contributed by atoms with Gasteiger partial charge in [-0.05, 0) is 61.5 Å². The number of rotatable bonds is 5. The molecule has 2 fully saturated rings. The van der Waals surface area contributed by atoms with E-state index in [4.69, 9.17) is 23.1 Å². The second-order valence-corrected chi connectivity index (χ2v) is 11.4. The van der Waals surface area contributed by atoms with Gasteiger partial charge in [-0.3, -0.25) is 14.4 Å². The van der Waals surface area contributed by atoms with E-state index >= 15 is 0 Å². The Morgan fingerprint density at radius 3 is 2.32 bits per heavy atom. The van der Waals surface area contributed by atoms with Crippen LogP contribution in [0.5, 0.6) is 0 Å². The Morgan fingerprint density at radius 2 is 1.71 bits per heavy atom. The fraction of sp³-hybridized carbons (Fsp3) is 0.520. The van der Waals surface area contributed by atoms with Crippen LogP contribution in [-0.4, -0.2) is 27.3 Å². The first kappa shape index (κ1) is 22.9. The predicted octanol–water partition coefficient (Wildman–Crippen LogP) is 3.36. The largest absolute Gasteiger partial charge is 0.369 e. The quantitative estimate of drug-likeness (QED) is 0.601. The molecule has 2 saturated carbocycles. The molecule has 1 aliphatic heterocycles. The van der Waals surface area contributed by atoms with Crippen molar-refractivity contribution in [2.75, 3.05) is 5.32 Å². The third-order valence-electron chi connectivity index (χ3n) is 7.88. The smallest absolute Gasteiger partial charge is 0.265 e. The van der Waals surface area contributed by atoms with E-state index in [0.29, 0.717) is 40.5 Å². The first-order chi connectivity index (χ1) is 16.0. The number of anilines is 1. The summed E-state index contributed by atoms with van der Waals surface area (Å²) in [4.78, 5) is 40.9. The number of carbonyl (C=O) groups is 3. The predicted molar refractivity (Wildman–Crippen MR) is 129 cm³/mol. The summed E-state index contributed by atoms with van der Waals surface area (Å²) in [7, 11) is 0. The fourth-order valence-electron chi connectivity index (χ4n) is 6.34. The molecular weight excluding hydrogens is 454 g/mol.